The summed E-state index contributed by atoms with van der Waals surface area (Å²) >= 11 is 1.31. The number of aromatic nitrogens is 1. The van der Waals surface area contributed by atoms with Crippen molar-refractivity contribution in [1.29, 1.82) is 0 Å². The van der Waals surface area contributed by atoms with E-state index in [-0.39, 0.29) is 36.9 Å². The van der Waals surface area contributed by atoms with E-state index in [1.54, 1.807) is 41.6 Å². The number of thiophene rings is 1. The highest BCUT2D eigenvalue weighted by atomic mass is 32.1. The molecule has 0 aliphatic heterocycles. The molecule has 0 bridgehead atoms. The summed E-state index contributed by atoms with van der Waals surface area (Å²) in [7, 11) is 0. The third kappa shape index (κ3) is 6.08. The SMILES string of the molecule is O=C(NCC(=O)N(Cc1ccccc1)[C@H](C(=O)NC1CCCC1)c1ccncc1)c1cccs1. The Balaban J connectivity index is 1.60. The fourth-order valence-corrected chi connectivity index (χ4v) is 4.86. The fourth-order valence-electron chi connectivity index (χ4n) is 4.22. The Labute approximate surface area is 203 Å². The van der Waals surface area contributed by atoms with Gasteiger partial charge in [-0.1, -0.05) is 49.2 Å². The Hall–Kier alpha value is -3.52. The topological polar surface area (TPSA) is 91.4 Å². The summed E-state index contributed by atoms with van der Waals surface area (Å²) in [6.07, 6.45) is 7.30. The molecule has 1 aromatic carbocycles. The van der Waals surface area contributed by atoms with Crippen molar-refractivity contribution in [3.05, 3.63) is 88.4 Å². The number of carbonyl (C=O) groups excluding carboxylic acids is 3. The molecule has 4 rings (SSSR count). The lowest BCUT2D eigenvalue weighted by molar-refractivity contribution is -0.141. The van der Waals surface area contributed by atoms with Crippen LogP contribution in [0.4, 0.5) is 0 Å². The maximum atomic E-state index is 13.5. The molecule has 2 N–H and O–H groups in total. The van der Waals surface area contributed by atoms with E-state index in [1.165, 1.54) is 11.3 Å². The van der Waals surface area contributed by atoms with Gasteiger partial charge in [0.15, 0.2) is 0 Å². The van der Waals surface area contributed by atoms with Gasteiger partial charge in [0, 0.05) is 25.0 Å². The Bertz CT molecular complexity index is 1080. The van der Waals surface area contributed by atoms with Crippen LogP contribution in [-0.4, -0.2) is 40.2 Å². The van der Waals surface area contributed by atoms with Crippen LogP contribution in [0.2, 0.25) is 0 Å². The third-order valence-electron chi connectivity index (χ3n) is 5.94. The Morgan fingerprint density at radius 2 is 1.74 bits per heavy atom. The Morgan fingerprint density at radius 3 is 2.41 bits per heavy atom. The zero-order valence-electron chi connectivity index (χ0n) is 18.9. The number of hydrogen-bond acceptors (Lipinski definition) is 5. The minimum atomic E-state index is -0.838. The average molecular weight is 477 g/mol. The molecule has 3 aromatic rings. The van der Waals surface area contributed by atoms with Crippen LogP contribution >= 0.6 is 11.3 Å². The smallest absolute Gasteiger partial charge is 0.261 e. The molecular formula is C26H28N4O3S. The minimum absolute atomic E-state index is 0.115. The number of amides is 3. The van der Waals surface area contributed by atoms with Gasteiger partial charge in [0.05, 0.1) is 11.4 Å². The highest BCUT2D eigenvalue weighted by molar-refractivity contribution is 7.12. The quantitative estimate of drug-likeness (QED) is 0.493. The number of nitrogens with zero attached hydrogens (tertiary/aromatic N) is 2. The van der Waals surface area contributed by atoms with Gasteiger partial charge in [-0.05, 0) is 47.5 Å². The minimum Gasteiger partial charge on any atom is -0.351 e. The lowest BCUT2D eigenvalue weighted by Crippen LogP contribution is -2.48. The van der Waals surface area contributed by atoms with Crippen LogP contribution in [-0.2, 0) is 16.1 Å². The second-order valence-electron chi connectivity index (χ2n) is 8.34. The molecule has 0 saturated heterocycles. The van der Waals surface area contributed by atoms with Crippen molar-refractivity contribution in [2.45, 2.75) is 44.3 Å². The van der Waals surface area contributed by atoms with Gasteiger partial charge >= 0.3 is 0 Å². The predicted octanol–water partition coefficient (Wildman–Crippen LogP) is 3.70. The van der Waals surface area contributed by atoms with Crippen LogP contribution in [0.25, 0.3) is 0 Å². The van der Waals surface area contributed by atoms with E-state index in [4.69, 9.17) is 0 Å². The molecule has 1 aliphatic carbocycles. The number of pyridine rings is 1. The van der Waals surface area contributed by atoms with E-state index in [9.17, 15) is 14.4 Å². The zero-order chi connectivity index (χ0) is 23.8. The monoisotopic (exact) mass is 476 g/mol. The van der Waals surface area contributed by atoms with E-state index >= 15 is 0 Å². The maximum Gasteiger partial charge on any atom is 0.261 e. The van der Waals surface area contributed by atoms with E-state index < -0.39 is 6.04 Å². The standard InChI is InChI=1S/C26H28N4O3S/c31-23(17-28-25(32)22-11-6-16-34-22)30(18-19-7-2-1-3-8-19)24(20-12-14-27-15-13-20)26(33)29-21-9-4-5-10-21/h1-3,6-8,11-16,21,24H,4-5,9-10,17-18H2,(H,28,32)(H,29,33)/t24-/m0/s1. The van der Waals surface area contributed by atoms with Gasteiger partial charge in [-0.25, -0.2) is 0 Å². The first-order chi connectivity index (χ1) is 16.6. The molecule has 0 radical (unpaired) electrons. The number of rotatable bonds is 9. The van der Waals surface area contributed by atoms with Crippen LogP contribution < -0.4 is 10.6 Å². The summed E-state index contributed by atoms with van der Waals surface area (Å²) in [5, 5.41) is 7.66. The van der Waals surface area contributed by atoms with Crippen LogP contribution in [0.1, 0.15) is 52.5 Å². The van der Waals surface area contributed by atoms with Gasteiger partial charge in [-0.15, -0.1) is 11.3 Å². The lowest BCUT2D eigenvalue weighted by Gasteiger charge is -2.32. The molecule has 1 saturated carbocycles. The van der Waals surface area contributed by atoms with E-state index in [0.29, 0.717) is 10.4 Å². The summed E-state index contributed by atoms with van der Waals surface area (Å²) < 4.78 is 0. The second kappa shape index (κ2) is 11.6. The molecule has 7 nitrogen and oxygen atoms in total. The van der Waals surface area contributed by atoms with Crippen molar-refractivity contribution in [2.24, 2.45) is 0 Å². The Morgan fingerprint density at radius 1 is 1.00 bits per heavy atom. The van der Waals surface area contributed by atoms with E-state index in [1.807, 2.05) is 35.7 Å². The molecule has 1 aliphatic rings. The molecule has 2 aromatic heterocycles. The number of nitrogens with one attached hydrogen (secondary N) is 2. The predicted molar refractivity (Wildman–Crippen MR) is 131 cm³/mol. The first-order valence-electron chi connectivity index (χ1n) is 11.5. The van der Waals surface area contributed by atoms with Gasteiger partial charge in [0.25, 0.3) is 5.91 Å². The highest BCUT2D eigenvalue weighted by Crippen LogP contribution is 2.25. The van der Waals surface area contributed by atoms with E-state index in [0.717, 1.165) is 31.2 Å². The summed E-state index contributed by atoms with van der Waals surface area (Å²) in [4.78, 5) is 45.6. The molecule has 176 valence electrons. The van der Waals surface area contributed by atoms with Gasteiger partial charge in [0.1, 0.15) is 6.04 Å². The van der Waals surface area contributed by atoms with Gasteiger partial charge in [-0.2, -0.15) is 0 Å². The van der Waals surface area contributed by atoms with Crippen molar-refractivity contribution in [2.75, 3.05) is 6.54 Å². The highest BCUT2D eigenvalue weighted by Gasteiger charge is 2.33. The molecule has 3 amide bonds. The third-order valence-corrected chi connectivity index (χ3v) is 6.81. The zero-order valence-corrected chi connectivity index (χ0v) is 19.7. The average Bonchev–Trinajstić information content (AvgIpc) is 3.58. The van der Waals surface area contributed by atoms with Crippen LogP contribution in [0.3, 0.4) is 0 Å². The van der Waals surface area contributed by atoms with Crippen molar-refractivity contribution >= 4 is 29.1 Å². The summed E-state index contributed by atoms with van der Waals surface area (Å²) in [6, 6.07) is 15.8. The Kier molecular flexibility index (Phi) is 8.04. The first-order valence-corrected chi connectivity index (χ1v) is 12.3. The lowest BCUT2D eigenvalue weighted by atomic mass is 10.0. The molecule has 0 unspecified atom stereocenters. The number of hydrogen-bond donors (Lipinski definition) is 2. The summed E-state index contributed by atoms with van der Waals surface area (Å²) in [5.41, 5.74) is 1.58. The van der Waals surface area contributed by atoms with Crippen molar-refractivity contribution in [1.82, 2.24) is 20.5 Å². The molecule has 8 heteroatoms. The first kappa shape index (κ1) is 23.6. The normalized spacial score (nSPS) is 14.4. The van der Waals surface area contributed by atoms with Gasteiger partial charge in [0.2, 0.25) is 11.8 Å². The van der Waals surface area contributed by atoms with Crippen molar-refractivity contribution in [3.63, 3.8) is 0 Å². The fraction of sp³-hybridized carbons (Fsp3) is 0.308. The molecule has 34 heavy (non-hydrogen) atoms. The molecule has 2 heterocycles. The molecular weight excluding hydrogens is 448 g/mol. The number of benzene rings is 1. The van der Waals surface area contributed by atoms with Crippen molar-refractivity contribution < 1.29 is 14.4 Å². The number of carbonyl (C=O) groups is 3. The van der Waals surface area contributed by atoms with Gasteiger partial charge in [-0.3, -0.25) is 19.4 Å². The molecule has 0 spiro atoms. The molecule has 1 atom stereocenters. The van der Waals surface area contributed by atoms with E-state index in [2.05, 4.69) is 15.6 Å². The van der Waals surface area contributed by atoms with Crippen LogP contribution in [0.5, 0.6) is 0 Å². The van der Waals surface area contributed by atoms with Crippen molar-refractivity contribution in [3.8, 4) is 0 Å². The van der Waals surface area contributed by atoms with Crippen LogP contribution in [0, 0.1) is 0 Å². The largest absolute Gasteiger partial charge is 0.351 e. The summed E-state index contributed by atoms with van der Waals surface area (Å²) in [5.74, 6) is -0.858. The summed E-state index contributed by atoms with van der Waals surface area (Å²) in [6.45, 7) is 0.0292. The van der Waals surface area contributed by atoms with Crippen LogP contribution in [0.15, 0.2) is 72.4 Å². The second-order valence-corrected chi connectivity index (χ2v) is 9.29. The molecule has 1 fully saturated rings. The van der Waals surface area contributed by atoms with Gasteiger partial charge < -0.3 is 15.5 Å². The maximum absolute atomic E-state index is 13.5.